The minimum atomic E-state index is -0.318. The lowest BCUT2D eigenvalue weighted by Crippen LogP contribution is -2.57. The number of ether oxygens (including phenoxy) is 1. The number of carbonyl (C=O) groups excluding carboxylic acids is 1. The Kier molecular flexibility index (Phi) is 6.52. The van der Waals surface area contributed by atoms with E-state index in [2.05, 4.69) is 48.9 Å². The maximum Gasteiger partial charge on any atom is 0.246 e. The Morgan fingerprint density at radius 3 is 2.79 bits per heavy atom. The van der Waals surface area contributed by atoms with Gasteiger partial charge in [-0.2, -0.15) is 10.1 Å². The summed E-state index contributed by atoms with van der Waals surface area (Å²) >= 11 is 0. The van der Waals surface area contributed by atoms with E-state index in [1.54, 1.807) is 6.20 Å². The van der Waals surface area contributed by atoms with Gasteiger partial charge in [-0.1, -0.05) is 6.92 Å². The third-order valence-corrected chi connectivity index (χ3v) is 8.02. The van der Waals surface area contributed by atoms with Gasteiger partial charge in [0.1, 0.15) is 18.2 Å². The van der Waals surface area contributed by atoms with Gasteiger partial charge in [0.25, 0.3) is 0 Å². The molecule has 0 saturated carbocycles. The highest BCUT2D eigenvalue weighted by Gasteiger charge is 2.39. The van der Waals surface area contributed by atoms with Gasteiger partial charge in [0.2, 0.25) is 11.9 Å². The summed E-state index contributed by atoms with van der Waals surface area (Å²) in [5.74, 6) is 2.84. The normalized spacial score (nSPS) is 22.2. The van der Waals surface area contributed by atoms with E-state index in [4.69, 9.17) is 14.8 Å². The molecule has 202 valence electrons. The van der Waals surface area contributed by atoms with Gasteiger partial charge in [-0.3, -0.25) is 9.48 Å². The fourth-order valence-corrected chi connectivity index (χ4v) is 5.48. The molecule has 0 aromatic carbocycles. The third kappa shape index (κ3) is 4.73. The zero-order valence-corrected chi connectivity index (χ0v) is 21.9. The molecular formula is C26H35N9O3. The monoisotopic (exact) mass is 521 g/mol. The van der Waals surface area contributed by atoms with E-state index in [1.165, 1.54) is 0 Å². The molecule has 0 unspecified atom stereocenters. The number of nitrogens with one attached hydrogen (secondary N) is 2. The first kappa shape index (κ1) is 24.8. The van der Waals surface area contributed by atoms with Crippen molar-refractivity contribution >= 4 is 40.2 Å². The van der Waals surface area contributed by atoms with Crippen LogP contribution in [0, 0.1) is 0 Å². The van der Waals surface area contributed by atoms with Crippen molar-refractivity contribution in [3.63, 3.8) is 0 Å². The SMILES string of the molecule is CC[C@@H](C)n1nc(N2CC[C@@H](O)C2)c2cnc(Nc3ccnc(N4CCC5(CC4)CNC(=O)CO5)n3)cc21. The second kappa shape index (κ2) is 9.99. The van der Waals surface area contributed by atoms with E-state index in [-0.39, 0.29) is 30.3 Å². The molecule has 12 heteroatoms. The lowest BCUT2D eigenvalue weighted by molar-refractivity contribution is -0.146. The van der Waals surface area contributed by atoms with Crippen LogP contribution in [0.3, 0.4) is 0 Å². The number of anilines is 4. The van der Waals surface area contributed by atoms with Crippen LogP contribution in [0.5, 0.6) is 0 Å². The van der Waals surface area contributed by atoms with Gasteiger partial charge in [0, 0.05) is 57.2 Å². The number of rotatable bonds is 6. The van der Waals surface area contributed by atoms with Crippen LogP contribution in [0.2, 0.25) is 0 Å². The van der Waals surface area contributed by atoms with Crippen molar-refractivity contribution in [2.24, 2.45) is 0 Å². The van der Waals surface area contributed by atoms with Gasteiger partial charge < -0.3 is 30.3 Å². The van der Waals surface area contributed by atoms with Crippen LogP contribution in [0.15, 0.2) is 24.5 Å². The summed E-state index contributed by atoms with van der Waals surface area (Å²) in [4.78, 5) is 29.7. The molecule has 38 heavy (non-hydrogen) atoms. The van der Waals surface area contributed by atoms with Crippen molar-refractivity contribution in [3.8, 4) is 0 Å². The van der Waals surface area contributed by atoms with Crippen LogP contribution in [0.25, 0.3) is 10.9 Å². The van der Waals surface area contributed by atoms with Crippen LogP contribution < -0.4 is 20.4 Å². The molecule has 3 aliphatic heterocycles. The first-order chi connectivity index (χ1) is 18.4. The lowest BCUT2D eigenvalue weighted by atomic mass is 9.90. The number of aromatic nitrogens is 5. The zero-order chi connectivity index (χ0) is 26.3. The van der Waals surface area contributed by atoms with Gasteiger partial charge in [-0.25, -0.2) is 9.97 Å². The Balaban J connectivity index is 1.20. The number of aliphatic hydroxyl groups excluding tert-OH is 1. The number of fused-ring (bicyclic) bond motifs is 1. The van der Waals surface area contributed by atoms with Crippen LogP contribution in [0.1, 0.15) is 45.6 Å². The molecule has 6 rings (SSSR count). The first-order valence-electron chi connectivity index (χ1n) is 13.5. The molecule has 0 radical (unpaired) electrons. The van der Waals surface area contributed by atoms with E-state index < -0.39 is 0 Å². The molecular weight excluding hydrogens is 486 g/mol. The van der Waals surface area contributed by atoms with Gasteiger partial charge in [0.15, 0.2) is 5.82 Å². The Morgan fingerprint density at radius 1 is 1.24 bits per heavy atom. The van der Waals surface area contributed by atoms with Gasteiger partial charge in [-0.05, 0) is 38.7 Å². The van der Waals surface area contributed by atoms with Gasteiger partial charge in [-0.15, -0.1) is 0 Å². The predicted octanol–water partition coefficient (Wildman–Crippen LogP) is 1.99. The van der Waals surface area contributed by atoms with Gasteiger partial charge >= 0.3 is 0 Å². The standard InChI is InChI=1S/C26H35N9O3/c1-3-17(2)35-20-12-22(28-13-19(20)24(32-35)34-9-5-18(36)14-34)30-21-4-8-27-25(31-21)33-10-6-26(7-11-33)16-29-23(37)15-38-26/h4,8,12-13,17-18,36H,3,5-7,9-11,14-16H2,1-2H3,(H,29,37)(H,27,28,30,31)/t17-,18-/m1/s1. The van der Waals surface area contributed by atoms with Crippen LogP contribution in [-0.2, 0) is 9.53 Å². The summed E-state index contributed by atoms with van der Waals surface area (Å²) in [6.07, 6.45) is 6.62. The summed E-state index contributed by atoms with van der Waals surface area (Å²) in [6, 6.07) is 4.08. The smallest absolute Gasteiger partial charge is 0.246 e. The van der Waals surface area contributed by atoms with E-state index in [1.807, 2.05) is 18.3 Å². The Bertz CT molecular complexity index is 1310. The Morgan fingerprint density at radius 2 is 2.08 bits per heavy atom. The fourth-order valence-electron chi connectivity index (χ4n) is 5.48. The predicted molar refractivity (Wildman–Crippen MR) is 144 cm³/mol. The highest BCUT2D eigenvalue weighted by molar-refractivity contribution is 5.92. The number of hydrogen-bond donors (Lipinski definition) is 3. The molecule has 3 fully saturated rings. The third-order valence-electron chi connectivity index (χ3n) is 8.02. The average molecular weight is 522 g/mol. The van der Waals surface area contributed by atoms with Crippen molar-refractivity contribution in [2.75, 3.05) is 54.4 Å². The number of β-amino-alcohol motifs (C(OH)–C–C–N with tert-alkyl or cyclic N) is 1. The number of piperidine rings is 1. The number of nitrogens with zero attached hydrogens (tertiary/aromatic N) is 7. The summed E-state index contributed by atoms with van der Waals surface area (Å²) in [7, 11) is 0. The molecule has 0 bridgehead atoms. The average Bonchev–Trinajstić information content (AvgIpc) is 3.54. The van der Waals surface area contributed by atoms with Crippen LogP contribution in [-0.4, -0.2) is 86.8 Å². The zero-order valence-electron chi connectivity index (χ0n) is 21.9. The van der Waals surface area contributed by atoms with E-state index >= 15 is 0 Å². The molecule has 6 heterocycles. The number of hydrogen-bond acceptors (Lipinski definition) is 10. The molecule has 3 aromatic heterocycles. The van der Waals surface area contributed by atoms with E-state index in [0.717, 1.165) is 62.0 Å². The summed E-state index contributed by atoms with van der Waals surface area (Å²) in [5.41, 5.74) is 0.716. The summed E-state index contributed by atoms with van der Waals surface area (Å²) in [5, 5.41) is 22.3. The Labute approximate surface area is 221 Å². The molecule has 2 atom stereocenters. The second-order valence-electron chi connectivity index (χ2n) is 10.6. The van der Waals surface area contributed by atoms with Crippen molar-refractivity contribution in [2.45, 2.75) is 57.3 Å². The number of aliphatic hydroxyl groups is 1. The highest BCUT2D eigenvalue weighted by atomic mass is 16.5. The maximum absolute atomic E-state index is 11.5. The summed E-state index contributed by atoms with van der Waals surface area (Å²) < 4.78 is 7.95. The molecule has 1 spiro atoms. The highest BCUT2D eigenvalue weighted by Crippen LogP contribution is 2.33. The number of amides is 1. The first-order valence-corrected chi connectivity index (χ1v) is 13.5. The second-order valence-corrected chi connectivity index (χ2v) is 10.6. The number of morpholine rings is 1. The molecule has 1 amide bonds. The van der Waals surface area contributed by atoms with Crippen LogP contribution >= 0.6 is 0 Å². The largest absolute Gasteiger partial charge is 0.391 e. The van der Waals surface area contributed by atoms with Crippen molar-refractivity contribution in [3.05, 3.63) is 24.5 Å². The number of carbonyl (C=O) groups is 1. The fraction of sp³-hybridized carbons (Fsp3) is 0.577. The van der Waals surface area contributed by atoms with Crippen molar-refractivity contribution in [1.29, 1.82) is 0 Å². The number of pyridine rings is 1. The molecule has 3 aliphatic rings. The molecule has 3 saturated heterocycles. The lowest BCUT2D eigenvalue weighted by Gasteiger charge is -2.43. The molecule has 0 aliphatic carbocycles. The quantitative estimate of drug-likeness (QED) is 0.442. The van der Waals surface area contributed by atoms with Crippen molar-refractivity contribution in [1.82, 2.24) is 30.0 Å². The molecule has 3 aromatic rings. The summed E-state index contributed by atoms with van der Waals surface area (Å²) in [6.45, 7) is 7.89. The minimum Gasteiger partial charge on any atom is -0.391 e. The Hall–Kier alpha value is -3.51. The topological polar surface area (TPSA) is 134 Å². The van der Waals surface area contributed by atoms with E-state index in [9.17, 15) is 9.90 Å². The minimum absolute atomic E-state index is 0.0507. The molecule has 3 N–H and O–H groups in total. The van der Waals surface area contributed by atoms with Crippen LogP contribution in [0.4, 0.5) is 23.4 Å². The molecule has 12 nitrogen and oxygen atoms in total. The van der Waals surface area contributed by atoms with E-state index in [0.29, 0.717) is 30.7 Å². The van der Waals surface area contributed by atoms with Gasteiger partial charge in [0.05, 0.1) is 22.6 Å². The van der Waals surface area contributed by atoms with Crippen molar-refractivity contribution < 1.29 is 14.6 Å². The maximum atomic E-state index is 11.5.